The lowest BCUT2D eigenvalue weighted by Gasteiger charge is -2.30. The molecule has 0 atom stereocenters. The number of anilines is 1. The molecule has 2 aromatic carbocycles. The standard InChI is InChI=1S/C23H28N2O3/c1-16(2)28-21-9-5-6-18(15-21)22(26)24-20-8-4-7-19(14-20)23(27)25-12-10-17(3)11-13-25/h4-9,14-17H,10-13H2,1-3H3,(H,24,26). The fourth-order valence-electron chi connectivity index (χ4n) is 3.31. The number of carbonyl (C=O) groups excluding carboxylic acids is 2. The van der Waals surface area contributed by atoms with Gasteiger partial charge >= 0.3 is 0 Å². The van der Waals surface area contributed by atoms with Crippen molar-refractivity contribution in [3.8, 4) is 5.75 Å². The van der Waals surface area contributed by atoms with Gasteiger partial charge in [0.15, 0.2) is 0 Å². The Bertz CT molecular complexity index is 839. The second-order valence-corrected chi connectivity index (χ2v) is 7.70. The zero-order valence-electron chi connectivity index (χ0n) is 16.8. The molecule has 0 bridgehead atoms. The van der Waals surface area contributed by atoms with Gasteiger partial charge in [-0.2, -0.15) is 0 Å². The summed E-state index contributed by atoms with van der Waals surface area (Å²) in [4.78, 5) is 27.3. The zero-order chi connectivity index (χ0) is 20.1. The quantitative estimate of drug-likeness (QED) is 0.825. The molecule has 5 nitrogen and oxygen atoms in total. The van der Waals surface area contributed by atoms with Crippen LogP contribution in [-0.4, -0.2) is 35.9 Å². The van der Waals surface area contributed by atoms with Gasteiger partial charge in [0, 0.05) is 29.9 Å². The molecule has 3 rings (SSSR count). The highest BCUT2D eigenvalue weighted by atomic mass is 16.5. The predicted molar refractivity (Wildman–Crippen MR) is 111 cm³/mol. The van der Waals surface area contributed by atoms with E-state index in [0.29, 0.717) is 28.5 Å². The van der Waals surface area contributed by atoms with Gasteiger partial charge in [-0.25, -0.2) is 0 Å². The highest BCUT2D eigenvalue weighted by Gasteiger charge is 2.21. The fraction of sp³-hybridized carbons (Fsp3) is 0.391. The molecule has 1 fully saturated rings. The lowest BCUT2D eigenvalue weighted by atomic mass is 9.98. The number of ether oxygens (including phenoxy) is 1. The number of likely N-dealkylation sites (tertiary alicyclic amines) is 1. The first-order valence-electron chi connectivity index (χ1n) is 9.90. The molecule has 28 heavy (non-hydrogen) atoms. The second kappa shape index (κ2) is 8.91. The van der Waals surface area contributed by atoms with E-state index in [0.717, 1.165) is 25.9 Å². The van der Waals surface area contributed by atoms with Crippen LogP contribution >= 0.6 is 0 Å². The highest BCUT2D eigenvalue weighted by molar-refractivity contribution is 6.05. The van der Waals surface area contributed by atoms with Crippen molar-refractivity contribution in [1.82, 2.24) is 4.90 Å². The van der Waals surface area contributed by atoms with Crippen LogP contribution in [-0.2, 0) is 0 Å². The number of rotatable bonds is 5. The Morgan fingerprint density at radius 2 is 1.71 bits per heavy atom. The Morgan fingerprint density at radius 3 is 2.43 bits per heavy atom. The fourth-order valence-corrected chi connectivity index (χ4v) is 3.31. The summed E-state index contributed by atoms with van der Waals surface area (Å²) in [7, 11) is 0. The molecule has 0 aliphatic carbocycles. The minimum absolute atomic E-state index is 0.0235. The topological polar surface area (TPSA) is 58.6 Å². The van der Waals surface area contributed by atoms with Crippen molar-refractivity contribution < 1.29 is 14.3 Å². The Balaban J connectivity index is 1.69. The van der Waals surface area contributed by atoms with Gasteiger partial charge in [-0.1, -0.05) is 19.1 Å². The SMILES string of the molecule is CC1CCN(C(=O)c2cccc(NC(=O)c3cccc(OC(C)C)c3)c2)CC1. The van der Waals surface area contributed by atoms with Crippen LogP contribution in [0.4, 0.5) is 5.69 Å². The van der Waals surface area contributed by atoms with Gasteiger partial charge in [0.25, 0.3) is 11.8 Å². The van der Waals surface area contributed by atoms with Crippen LogP contribution in [0.3, 0.4) is 0 Å². The molecule has 0 aromatic heterocycles. The summed E-state index contributed by atoms with van der Waals surface area (Å²) in [5.74, 6) is 1.12. The minimum Gasteiger partial charge on any atom is -0.491 e. The first-order valence-corrected chi connectivity index (χ1v) is 9.90. The normalized spacial score (nSPS) is 14.8. The van der Waals surface area contributed by atoms with E-state index >= 15 is 0 Å². The third-order valence-electron chi connectivity index (χ3n) is 4.91. The van der Waals surface area contributed by atoms with E-state index in [4.69, 9.17) is 4.74 Å². The van der Waals surface area contributed by atoms with E-state index < -0.39 is 0 Å². The summed E-state index contributed by atoms with van der Waals surface area (Å²) in [6, 6.07) is 14.2. The number of amides is 2. The number of nitrogens with zero attached hydrogens (tertiary/aromatic N) is 1. The number of nitrogens with one attached hydrogen (secondary N) is 1. The number of piperidine rings is 1. The summed E-state index contributed by atoms with van der Waals surface area (Å²) < 4.78 is 5.65. The van der Waals surface area contributed by atoms with E-state index in [-0.39, 0.29) is 17.9 Å². The molecular formula is C23H28N2O3. The Labute approximate surface area is 166 Å². The summed E-state index contributed by atoms with van der Waals surface area (Å²) in [5, 5.41) is 2.88. The third-order valence-corrected chi connectivity index (χ3v) is 4.91. The summed E-state index contributed by atoms with van der Waals surface area (Å²) >= 11 is 0. The summed E-state index contributed by atoms with van der Waals surface area (Å²) in [6.45, 7) is 7.69. The van der Waals surface area contributed by atoms with Crippen LogP contribution in [0.1, 0.15) is 54.3 Å². The van der Waals surface area contributed by atoms with Gasteiger partial charge in [0.2, 0.25) is 0 Å². The molecule has 1 aliphatic heterocycles. The average molecular weight is 380 g/mol. The summed E-state index contributed by atoms with van der Waals surface area (Å²) in [6.07, 6.45) is 2.12. The summed E-state index contributed by atoms with van der Waals surface area (Å²) in [5.41, 5.74) is 1.72. The lowest BCUT2D eigenvalue weighted by Crippen LogP contribution is -2.37. The lowest BCUT2D eigenvalue weighted by molar-refractivity contribution is 0.0697. The molecule has 0 spiro atoms. The van der Waals surface area contributed by atoms with E-state index in [2.05, 4.69) is 12.2 Å². The Hall–Kier alpha value is -2.82. The van der Waals surface area contributed by atoms with Crippen molar-refractivity contribution >= 4 is 17.5 Å². The van der Waals surface area contributed by atoms with Crippen LogP contribution in [0, 0.1) is 5.92 Å². The Kier molecular flexibility index (Phi) is 6.34. The van der Waals surface area contributed by atoms with Gasteiger partial charge in [-0.15, -0.1) is 0 Å². The van der Waals surface area contributed by atoms with Gasteiger partial charge in [0.05, 0.1) is 6.10 Å². The largest absolute Gasteiger partial charge is 0.491 e. The molecule has 2 aromatic rings. The second-order valence-electron chi connectivity index (χ2n) is 7.70. The van der Waals surface area contributed by atoms with E-state index in [9.17, 15) is 9.59 Å². The van der Waals surface area contributed by atoms with Crippen LogP contribution < -0.4 is 10.1 Å². The first kappa shape index (κ1) is 19.9. The first-order chi connectivity index (χ1) is 13.4. The minimum atomic E-state index is -0.231. The third kappa shape index (κ3) is 5.12. The maximum atomic E-state index is 12.8. The van der Waals surface area contributed by atoms with Crippen molar-refractivity contribution in [3.05, 3.63) is 59.7 Å². The molecule has 1 saturated heterocycles. The number of carbonyl (C=O) groups is 2. The van der Waals surface area contributed by atoms with Gasteiger partial charge in [-0.05, 0) is 69.0 Å². The number of hydrogen-bond donors (Lipinski definition) is 1. The smallest absolute Gasteiger partial charge is 0.255 e. The molecule has 0 radical (unpaired) electrons. The van der Waals surface area contributed by atoms with Crippen molar-refractivity contribution in [2.75, 3.05) is 18.4 Å². The molecular weight excluding hydrogens is 352 g/mol. The molecule has 2 amide bonds. The molecule has 0 saturated carbocycles. The van der Waals surface area contributed by atoms with Crippen molar-refractivity contribution in [2.45, 2.75) is 39.7 Å². The van der Waals surface area contributed by atoms with Crippen molar-refractivity contribution in [1.29, 1.82) is 0 Å². The van der Waals surface area contributed by atoms with Crippen molar-refractivity contribution in [3.63, 3.8) is 0 Å². The Morgan fingerprint density at radius 1 is 1.04 bits per heavy atom. The monoisotopic (exact) mass is 380 g/mol. The maximum Gasteiger partial charge on any atom is 0.255 e. The van der Waals surface area contributed by atoms with Gasteiger partial charge in [-0.3, -0.25) is 9.59 Å². The van der Waals surface area contributed by atoms with Gasteiger partial charge < -0.3 is 15.0 Å². The molecule has 0 unspecified atom stereocenters. The van der Waals surface area contributed by atoms with E-state index in [1.807, 2.05) is 24.8 Å². The van der Waals surface area contributed by atoms with E-state index in [1.54, 1.807) is 42.5 Å². The van der Waals surface area contributed by atoms with Crippen LogP contribution in [0.2, 0.25) is 0 Å². The molecule has 1 heterocycles. The average Bonchev–Trinajstić information content (AvgIpc) is 2.68. The molecule has 5 heteroatoms. The molecule has 1 N–H and O–H groups in total. The van der Waals surface area contributed by atoms with Crippen LogP contribution in [0.15, 0.2) is 48.5 Å². The van der Waals surface area contributed by atoms with Gasteiger partial charge in [0.1, 0.15) is 5.75 Å². The number of hydrogen-bond acceptors (Lipinski definition) is 3. The highest BCUT2D eigenvalue weighted by Crippen LogP contribution is 2.21. The maximum absolute atomic E-state index is 12.8. The molecule has 148 valence electrons. The molecule has 1 aliphatic rings. The predicted octanol–water partition coefficient (Wildman–Crippen LogP) is 4.60. The number of benzene rings is 2. The van der Waals surface area contributed by atoms with Crippen molar-refractivity contribution in [2.24, 2.45) is 5.92 Å². The zero-order valence-corrected chi connectivity index (χ0v) is 16.8. The van der Waals surface area contributed by atoms with Crippen LogP contribution in [0.5, 0.6) is 5.75 Å². The van der Waals surface area contributed by atoms with E-state index in [1.165, 1.54) is 0 Å². The van der Waals surface area contributed by atoms with Crippen LogP contribution in [0.25, 0.3) is 0 Å².